The predicted molar refractivity (Wildman–Crippen MR) is 91.4 cm³/mol. The number of rotatable bonds is 3. The number of hydrogen-bond acceptors (Lipinski definition) is 5. The van der Waals surface area contributed by atoms with Gasteiger partial charge in [-0.1, -0.05) is 19.0 Å². The van der Waals surface area contributed by atoms with Crippen molar-refractivity contribution in [2.45, 2.75) is 32.7 Å². The van der Waals surface area contributed by atoms with Crippen molar-refractivity contribution in [1.82, 2.24) is 15.0 Å². The second-order valence-electron chi connectivity index (χ2n) is 6.50. The van der Waals surface area contributed by atoms with Crippen molar-refractivity contribution in [2.24, 2.45) is 0 Å². The third-order valence-electron chi connectivity index (χ3n) is 4.09. The van der Waals surface area contributed by atoms with Crippen LogP contribution in [0, 0.1) is 0 Å². The van der Waals surface area contributed by atoms with Crippen molar-refractivity contribution < 1.29 is 14.1 Å². The molecule has 2 amide bonds. The molecule has 0 aliphatic carbocycles. The van der Waals surface area contributed by atoms with Crippen molar-refractivity contribution >= 4 is 23.2 Å². The minimum absolute atomic E-state index is 0.00496. The number of thiophene rings is 1. The highest BCUT2D eigenvalue weighted by Crippen LogP contribution is 2.29. The van der Waals surface area contributed by atoms with Crippen LogP contribution in [-0.2, 0) is 13.0 Å². The molecule has 0 atom stereocenters. The molecule has 7 heteroatoms. The molecular formula is C17H21N3O3S. The molecule has 0 saturated heterocycles. The molecule has 0 N–H and O–H groups in total. The molecule has 0 bridgehead atoms. The quantitative estimate of drug-likeness (QED) is 0.856. The number of carbonyl (C=O) groups is 2. The van der Waals surface area contributed by atoms with E-state index >= 15 is 0 Å². The zero-order valence-electron chi connectivity index (χ0n) is 14.3. The summed E-state index contributed by atoms with van der Waals surface area (Å²) in [6, 6.07) is 3.63. The van der Waals surface area contributed by atoms with Crippen LogP contribution in [-0.4, -0.2) is 47.4 Å². The van der Waals surface area contributed by atoms with Crippen molar-refractivity contribution in [3.63, 3.8) is 0 Å². The molecule has 3 heterocycles. The first kappa shape index (κ1) is 16.7. The van der Waals surface area contributed by atoms with Crippen LogP contribution in [0.1, 0.15) is 56.1 Å². The van der Waals surface area contributed by atoms with Crippen LogP contribution < -0.4 is 0 Å². The van der Waals surface area contributed by atoms with Gasteiger partial charge < -0.3 is 14.3 Å². The van der Waals surface area contributed by atoms with E-state index in [0.29, 0.717) is 24.5 Å². The third kappa shape index (κ3) is 3.08. The first-order valence-corrected chi connectivity index (χ1v) is 8.77. The Morgan fingerprint density at radius 1 is 1.33 bits per heavy atom. The SMILES string of the molecule is CC(C)c1cc(C(=O)N2CCc3sc(C(=O)N(C)C)cc3C2)no1. The average Bonchev–Trinajstić information content (AvgIpc) is 3.19. The van der Waals surface area contributed by atoms with Gasteiger partial charge in [-0.15, -0.1) is 11.3 Å². The fourth-order valence-corrected chi connectivity index (χ4v) is 3.84. The second-order valence-corrected chi connectivity index (χ2v) is 7.64. The van der Waals surface area contributed by atoms with E-state index in [2.05, 4.69) is 5.16 Å². The molecule has 3 rings (SSSR count). The van der Waals surface area contributed by atoms with Crippen molar-refractivity contribution in [3.8, 4) is 0 Å². The van der Waals surface area contributed by atoms with Gasteiger partial charge in [0.25, 0.3) is 11.8 Å². The highest BCUT2D eigenvalue weighted by molar-refractivity contribution is 7.14. The van der Waals surface area contributed by atoms with E-state index < -0.39 is 0 Å². The predicted octanol–water partition coefficient (Wildman–Crippen LogP) is 2.76. The van der Waals surface area contributed by atoms with E-state index in [-0.39, 0.29) is 17.7 Å². The summed E-state index contributed by atoms with van der Waals surface area (Å²) in [4.78, 5) is 30.0. The lowest BCUT2D eigenvalue weighted by atomic mass is 10.1. The Bertz CT molecular complexity index is 776. The van der Waals surface area contributed by atoms with Gasteiger partial charge >= 0.3 is 0 Å². The van der Waals surface area contributed by atoms with E-state index in [1.165, 1.54) is 16.2 Å². The molecular weight excluding hydrogens is 326 g/mol. The lowest BCUT2D eigenvalue weighted by Crippen LogP contribution is -2.35. The Labute approximate surface area is 145 Å². The van der Waals surface area contributed by atoms with E-state index in [1.54, 1.807) is 30.0 Å². The van der Waals surface area contributed by atoms with Crippen molar-refractivity contribution in [2.75, 3.05) is 20.6 Å². The summed E-state index contributed by atoms with van der Waals surface area (Å²) in [6.45, 7) is 5.13. The Morgan fingerprint density at radius 2 is 2.08 bits per heavy atom. The van der Waals surface area contributed by atoms with Gasteiger partial charge in [-0.05, 0) is 18.1 Å². The van der Waals surface area contributed by atoms with Gasteiger partial charge in [0.2, 0.25) is 0 Å². The fraction of sp³-hybridized carbons (Fsp3) is 0.471. The van der Waals surface area contributed by atoms with Gasteiger partial charge in [0.1, 0.15) is 5.76 Å². The average molecular weight is 347 g/mol. The Balaban J connectivity index is 1.76. The number of aromatic nitrogens is 1. The van der Waals surface area contributed by atoms with Crippen LogP contribution in [0.4, 0.5) is 0 Å². The van der Waals surface area contributed by atoms with Crippen molar-refractivity contribution in [3.05, 3.63) is 38.9 Å². The zero-order chi connectivity index (χ0) is 17.4. The standard InChI is InChI=1S/C17H21N3O3S/c1-10(2)13-8-12(18-23-13)16(21)20-6-5-14-11(9-20)7-15(24-14)17(22)19(3)4/h7-8,10H,5-6,9H2,1-4H3. The number of fused-ring (bicyclic) bond motifs is 1. The largest absolute Gasteiger partial charge is 0.360 e. The molecule has 1 aliphatic heterocycles. The van der Waals surface area contributed by atoms with Crippen LogP contribution in [0.15, 0.2) is 16.7 Å². The van der Waals surface area contributed by atoms with Gasteiger partial charge in [-0.2, -0.15) is 0 Å². The number of nitrogens with zero attached hydrogens (tertiary/aromatic N) is 3. The zero-order valence-corrected chi connectivity index (χ0v) is 15.1. The van der Waals surface area contributed by atoms with Gasteiger partial charge in [-0.25, -0.2) is 0 Å². The maximum atomic E-state index is 12.6. The number of hydrogen-bond donors (Lipinski definition) is 0. The topological polar surface area (TPSA) is 66.7 Å². The number of amides is 2. The summed E-state index contributed by atoms with van der Waals surface area (Å²) >= 11 is 1.53. The molecule has 6 nitrogen and oxygen atoms in total. The summed E-state index contributed by atoms with van der Waals surface area (Å²) in [5, 5.41) is 3.90. The highest BCUT2D eigenvalue weighted by Gasteiger charge is 2.27. The first-order valence-electron chi connectivity index (χ1n) is 7.96. The van der Waals surface area contributed by atoms with Gasteiger partial charge in [0.15, 0.2) is 5.69 Å². The molecule has 24 heavy (non-hydrogen) atoms. The fourth-order valence-electron chi connectivity index (χ4n) is 2.66. The molecule has 0 unspecified atom stereocenters. The normalized spacial score (nSPS) is 14.0. The minimum atomic E-state index is -0.122. The molecule has 1 aliphatic rings. The van der Waals surface area contributed by atoms with Crippen molar-refractivity contribution in [1.29, 1.82) is 0 Å². The smallest absolute Gasteiger partial charge is 0.276 e. The van der Waals surface area contributed by atoms with Crippen LogP contribution in [0.2, 0.25) is 0 Å². The molecule has 128 valence electrons. The molecule has 2 aromatic rings. The summed E-state index contributed by atoms with van der Waals surface area (Å²) in [6.07, 6.45) is 0.765. The van der Waals surface area contributed by atoms with Crippen LogP contribution in [0.25, 0.3) is 0 Å². The van der Waals surface area contributed by atoms with Gasteiger partial charge in [-0.3, -0.25) is 9.59 Å². The molecule has 0 saturated carbocycles. The van der Waals surface area contributed by atoms with Crippen LogP contribution >= 0.6 is 11.3 Å². The Morgan fingerprint density at radius 3 is 2.71 bits per heavy atom. The van der Waals surface area contributed by atoms with E-state index in [0.717, 1.165) is 16.9 Å². The van der Waals surface area contributed by atoms with E-state index in [9.17, 15) is 9.59 Å². The molecule has 2 aromatic heterocycles. The maximum absolute atomic E-state index is 12.6. The van der Waals surface area contributed by atoms with Crippen LogP contribution in [0.3, 0.4) is 0 Å². The summed E-state index contributed by atoms with van der Waals surface area (Å²) in [5.74, 6) is 0.794. The monoisotopic (exact) mass is 347 g/mol. The lowest BCUT2D eigenvalue weighted by molar-refractivity contribution is 0.0725. The Hall–Kier alpha value is -2.15. The lowest BCUT2D eigenvalue weighted by Gasteiger charge is -2.25. The molecule has 0 fully saturated rings. The van der Waals surface area contributed by atoms with Gasteiger partial charge in [0.05, 0.1) is 4.88 Å². The molecule has 0 spiro atoms. The van der Waals surface area contributed by atoms with E-state index in [1.807, 2.05) is 19.9 Å². The first-order chi connectivity index (χ1) is 11.4. The third-order valence-corrected chi connectivity index (χ3v) is 5.31. The van der Waals surface area contributed by atoms with Crippen LogP contribution in [0.5, 0.6) is 0 Å². The highest BCUT2D eigenvalue weighted by atomic mass is 32.1. The molecule has 0 aromatic carbocycles. The summed E-state index contributed by atoms with van der Waals surface area (Å²) in [5.41, 5.74) is 1.40. The van der Waals surface area contributed by atoms with Gasteiger partial charge in [0, 0.05) is 44.0 Å². The summed E-state index contributed by atoms with van der Waals surface area (Å²) < 4.78 is 5.22. The second kappa shape index (κ2) is 6.39. The maximum Gasteiger partial charge on any atom is 0.276 e. The minimum Gasteiger partial charge on any atom is -0.360 e. The molecule has 0 radical (unpaired) electrons. The Kier molecular flexibility index (Phi) is 4.45. The number of carbonyl (C=O) groups excluding carboxylic acids is 2. The summed E-state index contributed by atoms with van der Waals surface area (Å²) in [7, 11) is 3.49. The van der Waals surface area contributed by atoms with E-state index in [4.69, 9.17) is 4.52 Å².